The van der Waals surface area contributed by atoms with E-state index < -0.39 is 0 Å². The molecule has 0 unspecified atom stereocenters. The monoisotopic (exact) mass is 304 g/mol. The first kappa shape index (κ1) is 12.4. The van der Waals surface area contributed by atoms with Crippen LogP contribution in [-0.2, 0) is 13.0 Å². The van der Waals surface area contributed by atoms with Gasteiger partial charge in [0.2, 0.25) is 0 Å². The van der Waals surface area contributed by atoms with Crippen molar-refractivity contribution in [3.8, 4) is 0 Å². The molecule has 1 heterocycles. The second-order valence-electron chi connectivity index (χ2n) is 4.83. The summed E-state index contributed by atoms with van der Waals surface area (Å²) >= 11 is 9.77. The highest BCUT2D eigenvalue weighted by molar-refractivity contribution is 9.10. The molecule has 0 aliphatic heterocycles. The fourth-order valence-corrected chi connectivity index (χ4v) is 3.21. The van der Waals surface area contributed by atoms with E-state index >= 15 is 0 Å². The van der Waals surface area contributed by atoms with Crippen molar-refractivity contribution in [1.82, 2.24) is 9.78 Å². The Morgan fingerprint density at radius 3 is 2.62 bits per heavy atom. The van der Waals surface area contributed by atoms with Crippen molar-refractivity contribution >= 4 is 27.5 Å². The molecule has 1 aromatic heterocycles. The van der Waals surface area contributed by atoms with Crippen LogP contribution >= 0.6 is 27.5 Å². The first-order chi connectivity index (χ1) is 7.62. The molecule has 0 N–H and O–H groups in total. The SMILES string of the molecule is CCn1nc(C)c(Br)c1CC1(CCl)CCC1. The normalized spacial score (nSPS) is 18.5. The summed E-state index contributed by atoms with van der Waals surface area (Å²) in [5, 5.41) is 4.53. The number of aryl methyl sites for hydroxylation is 2. The Balaban J connectivity index is 2.26. The van der Waals surface area contributed by atoms with Crippen molar-refractivity contribution in [1.29, 1.82) is 0 Å². The quantitative estimate of drug-likeness (QED) is 0.771. The van der Waals surface area contributed by atoms with Crippen LogP contribution in [0.4, 0.5) is 0 Å². The molecule has 1 fully saturated rings. The fourth-order valence-electron chi connectivity index (χ4n) is 2.43. The molecule has 0 atom stereocenters. The number of halogens is 2. The Labute approximate surface area is 110 Å². The van der Waals surface area contributed by atoms with Gasteiger partial charge in [0.1, 0.15) is 0 Å². The van der Waals surface area contributed by atoms with Crippen LogP contribution in [0.1, 0.15) is 37.6 Å². The summed E-state index contributed by atoms with van der Waals surface area (Å²) < 4.78 is 3.28. The Morgan fingerprint density at radius 2 is 2.19 bits per heavy atom. The summed E-state index contributed by atoms with van der Waals surface area (Å²) in [7, 11) is 0. The minimum absolute atomic E-state index is 0.337. The van der Waals surface area contributed by atoms with Crippen molar-refractivity contribution in [3.05, 3.63) is 15.9 Å². The van der Waals surface area contributed by atoms with Crippen molar-refractivity contribution in [2.75, 3.05) is 5.88 Å². The lowest BCUT2D eigenvalue weighted by molar-refractivity contribution is 0.162. The van der Waals surface area contributed by atoms with Gasteiger partial charge in [-0.2, -0.15) is 5.10 Å². The summed E-state index contributed by atoms with van der Waals surface area (Å²) in [5.74, 6) is 0.771. The topological polar surface area (TPSA) is 17.8 Å². The minimum atomic E-state index is 0.337. The third-order valence-electron chi connectivity index (χ3n) is 3.69. The predicted molar refractivity (Wildman–Crippen MR) is 71.0 cm³/mol. The van der Waals surface area contributed by atoms with Crippen LogP contribution in [0, 0.1) is 12.3 Å². The molecule has 2 nitrogen and oxygen atoms in total. The molecule has 1 aromatic rings. The zero-order chi connectivity index (χ0) is 11.8. The van der Waals surface area contributed by atoms with E-state index in [1.165, 1.54) is 29.4 Å². The van der Waals surface area contributed by atoms with Gasteiger partial charge >= 0.3 is 0 Å². The first-order valence-electron chi connectivity index (χ1n) is 5.89. The summed E-state index contributed by atoms with van der Waals surface area (Å²) in [6.45, 7) is 5.12. The molecule has 90 valence electrons. The van der Waals surface area contributed by atoms with Crippen molar-refractivity contribution in [2.24, 2.45) is 5.41 Å². The van der Waals surface area contributed by atoms with Gasteiger partial charge in [0.15, 0.2) is 0 Å². The van der Waals surface area contributed by atoms with Gasteiger partial charge in [-0.3, -0.25) is 4.68 Å². The maximum atomic E-state index is 6.12. The van der Waals surface area contributed by atoms with Crippen LogP contribution in [0.15, 0.2) is 4.47 Å². The Kier molecular flexibility index (Phi) is 3.65. The zero-order valence-corrected chi connectivity index (χ0v) is 12.2. The molecule has 0 saturated heterocycles. The van der Waals surface area contributed by atoms with Gasteiger partial charge in [0.25, 0.3) is 0 Å². The lowest BCUT2D eigenvalue weighted by Crippen LogP contribution is -2.34. The maximum Gasteiger partial charge on any atom is 0.0738 e. The van der Waals surface area contributed by atoms with E-state index in [9.17, 15) is 0 Å². The van der Waals surface area contributed by atoms with E-state index in [1.807, 2.05) is 6.92 Å². The van der Waals surface area contributed by atoms with Crippen LogP contribution in [-0.4, -0.2) is 15.7 Å². The van der Waals surface area contributed by atoms with Gasteiger partial charge in [0, 0.05) is 12.4 Å². The van der Waals surface area contributed by atoms with Gasteiger partial charge in [-0.05, 0) is 54.5 Å². The molecule has 0 amide bonds. The molecule has 0 radical (unpaired) electrons. The Morgan fingerprint density at radius 1 is 1.50 bits per heavy atom. The molecular weight excluding hydrogens is 288 g/mol. The number of hydrogen-bond acceptors (Lipinski definition) is 1. The molecule has 0 spiro atoms. The fraction of sp³-hybridized carbons (Fsp3) is 0.750. The lowest BCUT2D eigenvalue weighted by atomic mass is 9.67. The number of alkyl halides is 1. The number of hydrogen-bond donors (Lipinski definition) is 0. The predicted octanol–water partition coefficient (Wildman–Crippen LogP) is 3.93. The highest BCUT2D eigenvalue weighted by Gasteiger charge is 2.37. The van der Waals surface area contributed by atoms with E-state index in [0.29, 0.717) is 5.41 Å². The summed E-state index contributed by atoms with van der Waals surface area (Å²) in [5.41, 5.74) is 2.74. The second kappa shape index (κ2) is 4.69. The average molecular weight is 306 g/mol. The number of nitrogens with zero attached hydrogens (tertiary/aromatic N) is 2. The van der Waals surface area contributed by atoms with Crippen LogP contribution in [0.2, 0.25) is 0 Å². The van der Waals surface area contributed by atoms with Crippen LogP contribution < -0.4 is 0 Å². The van der Waals surface area contributed by atoms with Crippen LogP contribution in [0.5, 0.6) is 0 Å². The molecule has 4 heteroatoms. The van der Waals surface area contributed by atoms with Crippen molar-refractivity contribution in [3.63, 3.8) is 0 Å². The lowest BCUT2D eigenvalue weighted by Gasteiger charge is -2.40. The van der Waals surface area contributed by atoms with E-state index in [0.717, 1.165) is 24.5 Å². The van der Waals surface area contributed by atoms with Crippen LogP contribution in [0.3, 0.4) is 0 Å². The Bertz CT molecular complexity index is 377. The number of rotatable bonds is 4. The molecule has 2 rings (SSSR count). The summed E-state index contributed by atoms with van der Waals surface area (Å²) in [4.78, 5) is 0. The highest BCUT2D eigenvalue weighted by atomic mass is 79.9. The van der Waals surface area contributed by atoms with Gasteiger partial charge in [0.05, 0.1) is 15.9 Å². The molecule has 1 saturated carbocycles. The zero-order valence-electron chi connectivity index (χ0n) is 9.89. The van der Waals surface area contributed by atoms with Gasteiger partial charge in [-0.15, -0.1) is 11.6 Å². The van der Waals surface area contributed by atoms with Gasteiger partial charge < -0.3 is 0 Å². The summed E-state index contributed by atoms with van der Waals surface area (Å²) in [6, 6.07) is 0. The molecule has 1 aliphatic carbocycles. The van der Waals surface area contributed by atoms with Crippen molar-refractivity contribution in [2.45, 2.75) is 46.1 Å². The van der Waals surface area contributed by atoms with Crippen LogP contribution in [0.25, 0.3) is 0 Å². The molecule has 1 aliphatic rings. The van der Waals surface area contributed by atoms with E-state index in [1.54, 1.807) is 0 Å². The maximum absolute atomic E-state index is 6.12. The van der Waals surface area contributed by atoms with E-state index in [4.69, 9.17) is 11.6 Å². The molecule has 0 aromatic carbocycles. The van der Waals surface area contributed by atoms with E-state index in [2.05, 4.69) is 32.6 Å². The minimum Gasteiger partial charge on any atom is -0.268 e. The standard InChI is InChI=1S/C12H18BrClN2/c1-3-16-10(11(13)9(2)15-16)7-12(8-14)5-4-6-12/h3-8H2,1-2H3. The largest absolute Gasteiger partial charge is 0.268 e. The first-order valence-corrected chi connectivity index (χ1v) is 7.22. The molecule has 16 heavy (non-hydrogen) atoms. The summed E-state index contributed by atoms with van der Waals surface area (Å²) in [6.07, 6.45) is 4.91. The Hall–Kier alpha value is -0.0200. The van der Waals surface area contributed by atoms with Gasteiger partial charge in [-0.25, -0.2) is 0 Å². The molecule has 0 bridgehead atoms. The third-order valence-corrected chi connectivity index (χ3v) is 5.29. The average Bonchev–Trinajstić information content (AvgIpc) is 2.50. The third kappa shape index (κ3) is 2.04. The molecular formula is C12H18BrClN2. The number of aromatic nitrogens is 2. The van der Waals surface area contributed by atoms with Crippen molar-refractivity contribution < 1.29 is 0 Å². The van der Waals surface area contributed by atoms with E-state index in [-0.39, 0.29) is 0 Å². The smallest absolute Gasteiger partial charge is 0.0738 e. The highest BCUT2D eigenvalue weighted by Crippen LogP contribution is 2.45. The second-order valence-corrected chi connectivity index (χ2v) is 5.89. The van der Waals surface area contributed by atoms with Gasteiger partial charge in [-0.1, -0.05) is 6.42 Å².